The first-order valence-corrected chi connectivity index (χ1v) is 13.6. The fraction of sp³-hybridized carbons (Fsp3) is 0. The van der Waals surface area contributed by atoms with Crippen LogP contribution in [0.3, 0.4) is 0 Å². The highest BCUT2D eigenvalue weighted by atomic mass is 16.3. The molecule has 7 aromatic carbocycles. The van der Waals surface area contributed by atoms with E-state index in [2.05, 4.69) is 157 Å². The minimum absolute atomic E-state index is 0.915. The van der Waals surface area contributed by atoms with Crippen LogP contribution in [-0.2, 0) is 0 Å². The van der Waals surface area contributed by atoms with Crippen LogP contribution in [0.2, 0.25) is 0 Å². The summed E-state index contributed by atoms with van der Waals surface area (Å²) in [6, 6.07) is 53.8. The lowest BCUT2D eigenvalue weighted by Crippen LogP contribution is -2.10. The molecule has 0 aliphatic heterocycles. The molecule has 0 aliphatic rings. The molecule has 0 saturated carbocycles. The zero-order valence-corrected chi connectivity index (χ0v) is 21.8. The molecule has 8 rings (SSSR count). The van der Waals surface area contributed by atoms with Crippen LogP contribution in [0, 0.1) is 0 Å². The van der Waals surface area contributed by atoms with Crippen LogP contribution in [-0.4, -0.2) is 0 Å². The molecular weight excluding hydrogens is 486 g/mol. The quantitative estimate of drug-likeness (QED) is 0.234. The largest absolute Gasteiger partial charge is 0.456 e. The van der Waals surface area contributed by atoms with E-state index in [0.29, 0.717) is 0 Å². The van der Waals surface area contributed by atoms with Crippen molar-refractivity contribution < 1.29 is 4.42 Å². The van der Waals surface area contributed by atoms with Gasteiger partial charge in [-0.1, -0.05) is 103 Å². The first-order chi connectivity index (χ1) is 19.8. The topological polar surface area (TPSA) is 16.4 Å². The molecule has 0 aliphatic carbocycles. The Bertz CT molecular complexity index is 2150. The molecule has 0 atom stereocenters. The number of hydrogen-bond acceptors (Lipinski definition) is 2. The van der Waals surface area contributed by atoms with Gasteiger partial charge in [0.2, 0.25) is 0 Å². The maximum Gasteiger partial charge on any atom is 0.136 e. The second-order valence-electron chi connectivity index (χ2n) is 10.2. The fourth-order valence-corrected chi connectivity index (χ4v) is 5.94. The Kier molecular flexibility index (Phi) is 5.17. The predicted molar refractivity (Wildman–Crippen MR) is 169 cm³/mol. The standard InChI is InChI=1S/C38H25NO/c1-2-12-30(13-3-1)39(35-16-8-11-27-9-4-6-14-32(27)35)31-21-17-26(18-22-31)29-20-23-36-34(25-29)38-33-15-7-5-10-28(33)19-24-37(38)40-36/h1-25H. The third-order valence-electron chi connectivity index (χ3n) is 7.84. The van der Waals surface area contributed by atoms with Crippen molar-refractivity contribution in [3.8, 4) is 11.1 Å². The monoisotopic (exact) mass is 511 g/mol. The van der Waals surface area contributed by atoms with Gasteiger partial charge >= 0.3 is 0 Å². The summed E-state index contributed by atoms with van der Waals surface area (Å²) in [4.78, 5) is 2.34. The summed E-state index contributed by atoms with van der Waals surface area (Å²) in [7, 11) is 0. The summed E-state index contributed by atoms with van der Waals surface area (Å²) in [5.41, 5.74) is 7.59. The molecule has 0 N–H and O–H groups in total. The summed E-state index contributed by atoms with van der Waals surface area (Å²) < 4.78 is 6.23. The van der Waals surface area contributed by atoms with Crippen LogP contribution in [0.4, 0.5) is 17.1 Å². The maximum atomic E-state index is 6.23. The third kappa shape index (κ3) is 3.65. The summed E-state index contributed by atoms with van der Waals surface area (Å²) >= 11 is 0. The summed E-state index contributed by atoms with van der Waals surface area (Å²) in [6.45, 7) is 0. The van der Waals surface area contributed by atoms with Crippen molar-refractivity contribution in [1.29, 1.82) is 0 Å². The van der Waals surface area contributed by atoms with Gasteiger partial charge in [0.1, 0.15) is 11.2 Å². The third-order valence-corrected chi connectivity index (χ3v) is 7.84. The maximum absolute atomic E-state index is 6.23. The van der Waals surface area contributed by atoms with Crippen molar-refractivity contribution in [2.45, 2.75) is 0 Å². The second kappa shape index (κ2) is 9.14. The molecule has 1 aromatic heterocycles. The van der Waals surface area contributed by atoms with Crippen LogP contribution >= 0.6 is 0 Å². The molecule has 0 bridgehead atoms. The smallest absolute Gasteiger partial charge is 0.136 e. The summed E-state index contributed by atoms with van der Waals surface area (Å²) in [5, 5.41) is 7.22. The molecule has 0 radical (unpaired) electrons. The fourth-order valence-electron chi connectivity index (χ4n) is 5.94. The second-order valence-corrected chi connectivity index (χ2v) is 10.2. The van der Waals surface area contributed by atoms with E-state index in [-0.39, 0.29) is 0 Å². The highest BCUT2D eigenvalue weighted by Crippen LogP contribution is 2.40. The summed E-state index contributed by atoms with van der Waals surface area (Å²) in [6.07, 6.45) is 0. The number of benzene rings is 7. The molecule has 0 unspecified atom stereocenters. The van der Waals surface area contributed by atoms with Crippen LogP contribution in [0.25, 0.3) is 54.6 Å². The van der Waals surface area contributed by atoms with Crippen LogP contribution in [0.1, 0.15) is 0 Å². The van der Waals surface area contributed by atoms with Crippen LogP contribution in [0.5, 0.6) is 0 Å². The molecule has 2 nitrogen and oxygen atoms in total. The van der Waals surface area contributed by atoms with Gasteiger partial charge < -0.3 is 9.32 Å². The van der Waals surface area contributed by atoms with Gasteiger partial charge in [0.05, 0.1) is 5.69 Å². The van der Waals surface area contributed by atoms with E-state index in [4.69, 9.17) is 4.42 Å². The molecule has 8 aromatic rings. The van der Waals surface area contributed by atoms with E-state index < -0.39 is 0 Å². The number of hydrogen-bond donors (Lipinski definition) is 0. The molecule has 0 amide bonds. The van der Waals surface area contributed by atoms with Gasteiger partial charge in [-0.3, -0.25) is 0 Å². The minimum Gasteiger partial charge on any atom is -0.456 e. The normalized spacial score (nSPS) is 11.5. The molecule has 188 valence electrons. The zero-order chi connectivity index (χ0) is 26.5. The molecular formula is C38H25NO. The van der Waals surface area contributed by atoms with E-state index in [0.717, 1.165) is 33.6 Å². The van der Waals surface area contributed by atoms with Gasteiger partial charge in [0.15, 0.2) is 0 Å². The number of fused-ring (bicyclic) bond motifs is 6. The van der Waals surface area contributed by atoms with Crippen LogP contribution in [0.15, 0.2) is 156 Å². The number of anilines is 3. The Labute approximate surface area is 232 Å². The van der Waals surface area contributed by atoms with E-state index in [9.17, 15) is 0 Å². The molecule has 0 spiro atoms. The zero-order valence-electron chi connectivity index (χ0n) is 21.8. The number of nitrogens with zero attached hydrogens (tertiary/aromatic N) is 1. The van der Waals surface area contributed by atoms with Gasteiger partial charge in [0, 0.05) is 27.5 Å². The average molecular weight is 512 g/mol. The number of rotatable bonds is 4. The molecule has 1 heterocycles. The van der Waals surface area contributed by atoms with E-state index >= 15 is 0 Å². The van der Waals surface area contributed by atoms with Gasteiger partial charge in [-0.15, -0.1) is 0 Å². The molecule has 0 saturated heterocycles. The molecule has 40 heavy (non-hydrogen) atoms. The Morgan fingerprint density at radius 2 is 1.02 bits per heavy atom. The van der Waals surface area contributed by atoms with Gasteiger partial charge in [-0.05, 0) is 75.8 Å². The SMILES string of the molecule is c1ccc(N(c2ccc(-c3ccc4oc5ccc6ccccc6c5c4c3)cc2)c2cccc3ccccc23)cc1. The van der Waals surface area contributed by atoms with Crippen molar-refractivity contribution in [2.24, 2.45) is 0 Å². The van der Waals surface area contributed by atoms with Crippen molar-refractivity contribution >= 4 is 60.5 Å². The molecule has 2 heteroatoms. The van der Waals surface area contributed by atoms with Crippen LogP contribution < -0.4 is 4.90 Å². The Balaban J connectivity index is 1.25. The predicted octanol–water partition coefficient (Wildman–Crippen LogP) is 11.0. The first kappa shape index (κ1) is 22.6. The van der Waals surface area contributed by atoms with Gasteiger partial charge in [0.25, 0.3) is 0 Å². The highest BCUT2D eigenvalue weighted by Gasteiger charge is 2.16. The average Bonchev–Trinajstić information content (AvgIpc) is 3.41. The van der Waals surface area contributed by atoms with E-state index in [1.807, 2.05) is 0 Å². The molecule has 0 fully saturated rings. The van der Waals surface area contributed by atoms with Gasteiger partial charge in [-0.2, -0.15) is 0 Å². The van der Waals surface area contributed by atoms with Crippen molar-refractivity contribution in [3.63, 3.8) is 0 Å². The summed E-state index contributed by atoms with van der Waals surface area (Å²) in [5.74, 6) is 0. The number of para-hydroxylation sites is 1. The Hall–Kier alpha value is -5.34. The number of furan rings is 1. The van der Waals surface area contributed by atoms with Gasteiger partial charge in [-0.25, -0.2) is 0 Å². The van der Waals surface area contributed by atoms with Crippen molar-refractivity contribution in [1.82, 2.24) is 0 Å². The first-order valence-electron chi connectivity index (χ1n) is 13.6. The lowest BCUT2D eigenvalue weighted by molar-refractivity contribution is 0.669. The Morgan fingerprint density at radius 1 is 0.400 bits per heavy atom. The minimum atomic E-state index is 0.915. The van der Waals surface area contributed by atoms with E-state index in [1.165, 1.54) is 38.1 Å². The van der Waals surface area contributed by atoms with Crippen molar-refractivity contribution in [3.05, 3.63) is 152 Å². The lowest BCUT2D eigenvalue weighted by atomic mass is 9.99. The van der Waals surface area contributed by atoms with Crippen molar-refractivity contribution in [2.75, 3.05) is 4.90 Å². The lowest BCUT2D eigenvalue weighted by Gasteiger charge is -2.27. The highest BCUT2D eigenvalue weighted by molar-refractivity contribution is 6.19. The van der Waals surface area contributed by atoms with E-state index in [1.54, 1.807) is 0 Å². The Morgan fingerprint density at radius 3 is 1.85 bits per heavy atom.